The van der Waals surface area contributed by atoms with Crippen molar-refractivity contribution in [2.75, 3.05) is 13.1 Å². The van der Waals surface area contributed by atoms with Gasteiger partial charge < -0.3 is 0 Å². The van der Waals surface area contributed by atoms with E-state index in [2.05, 4.69) is 47.9 Å². The molecule has 0 N–H and O–H groups in total. The van der Waals surface area contributed by atoms with E-state index in [1.807, 2.05) is 17.9 Å². The van der Waals surface area contributed by atoms with E-state index in [0.717, 1.165) is 18.2 Å². The third-order valence-electron chi connectivity index (χ3n) is 5.23. The van der Waals surface area contributed by atoms with Crippen LogP contribution in [0.2, 0.25) is 0 Å². The van der Waals surface area contributed by atoms with Gasteiger partial charge in [-0.2, -0.15) is 5.10 Å². The number of likely N-dealkylation sites (tertiary alicyclic amines) is 1. The average molecular weight is 312 g/mol. The summed E-state index contributed by atoms with van der Waals surface area (Å²) in [6, 6.07) is 4.40. The summed E-state index contributed by atoms with van der Waals surface area (Å²) >= 11 is 0. The van der Waals surface area contributed by atoms with Crippen molar-refractivity contribution in [3.05, 3.63) is 46.5 Å². The molecule has 0 aromatic carbocycles. The summed E-state index contributed by atoms with van der Waals surface area (Å²) in [5, 5.41) is 4.54. The third kappa shape index (κ3) is 3.81. The molecule has 0 amide bonds. The highest BCUT2D eigenvalue weighted by molar-refractivity contribution is 5.24. The van der Waals surface area contributed by atoms with E-state index in [1.54, 1.807) is 0 Å². The lowest BCUT2D eigenvalue weighted by atomic mass is 9.90. The molecule has 1 saturated heterocycles. The molecular formula is C19H28N4. The third-order valence-corrected chi connectivity index (χ3v) is 5.23. The summed E-state index contributed by atoms with van der Waals surface area (Å²) in [6.45, 7) is 9.82. The molecule has 4 heteroatoms. The van der Waals surface area contributed by atoms with Crippen molar-refractivity contribution in [1.29, 1.82) is 0 Å². The van der Waals surface area contributed by atoms with Crippen LogP contribution in [0.25, 0.3) is 0 Å². The van der Waals surface area contributed by atoms with E-state index in [4.69, 9.17) is 0 Å². The van der Waals surface area contributed by atoms with Gasteiger partial charge in [-0.25, -0.2) is 0 Å². The Hall–Kier alpha value is -1.68. The van der Waals surface area contributed by atoms with Gasteiger partial charge in [0.05, 0.1) is 5.69 Å². The number of hydrogen-bond donors (Lipinski definition) is 0. The number of aryl methyl sites for hydroxylation is 3. The molecule has 0 unspecified atom stereocenters. The summed E-state index contributed by atoms with van der Waals surface area (Å²) in [4.78, 5) is 6.88. The lowest BCUT2D eigenvalue weighted by molar-refractivity contribution is 0.176. The van der Waals surface area contributed by atoms with Gasteiger partial charge >= 0.3 is 0 Å². The predicted octanol–water partition coefficient (Wildman–Crippen LogP) is 3.20. The lowest BCUT2D eigenvalue weighted by Crippen LogP contribution is -2.34. The highest BCUT2D eigenvalue weighted by Crippen LogP contribution is 2.24. The quantitative estimate of drug-likeness (QED) is 0.869. The number of aromatic nitrogens is 3. The molecule has 124 valence electrons. The van der Waals surface area contributed by atoms with Gasteiger partial charge in [0.25, 0.3) is 0 Å². The van der Waals surface area contributed by atoms with Crippen LogP contribution in [0.1, 0.15) is 41.1 Å². The second kappa shape index (κ2) is 6.83. The zero-order valence-corrected chi connectivity index (χ0v) is 14.8. The molecule has 2 aromatic heterocycles. The Morgan fingerprint density at radius 2 is 1.91 bits per heavy atom. The summed E-state index contributed by atoms with van der Waals surface area (Å²) in [5.74, 6) is 0.809. The van der Waals surface area contributed by atoms with Gasteiger partial charge in [-0.3, -0.25) is 14.6 Å². The number of rotatable bonds is 4. The van der Waals surface area contributed by atoms with E-state index < -0.39 is 0 Å². The summed E-state index contributed by atoms with van der Waals surface area (Å²) < 4.78 is 2.00. The van der Waals surface area contributed by atoms with Crippen LogP contribution in [0, 0.1) is 26.7 Å². The van der Waals surface area contributed by atoms with Crippen molar-refractivity contribution >= 4 is 0 Å². The van der Waals surface area contributed by atoms with Gasteiger partial charge in [0.2, 0.25) is 0 Å². The molecular weight excluding hydrogens is 284 g/mol. The monoisotopic (exact) mass is 312 g/mol. The number of piperidine rings is 1. The molecule has 0 aliphatic carbocycles. The summed E-state index contributed by atoms with van der Waals surface area (Å²) in [6.07, 6.45) is 5.72. The van der Waals surface area contributed by atoms with Crippen molar-refractivity contribution in [2.24, 2.45) is 13.0 Å². The standard InChI is InChI=1S/C19H28N4/c1-14-11-18(5-8-20-14)12-17-6-9-23(10-7-17)13-19-15(2)21-22(4)16(19)3/h5,8,11,17H,6-7,9-10,12-13H2,1-4H3. The van der Waals surface area contributed by atoms with Gasteiger partial charge in [-0.05, 0) is 76.7 Å². The Morgan fingerprint density at radius 3 is 2.52 bits per heavy atom. The van der Waals surface area contributed by atoms with Crippen molar-refractivity contribution < 1.29 is 0 Å². The van der Waals surface area contributed by atoms with E-state index in [-0.39, 0.29) is 0 Å². The van der Waals surface area contributed by atoms with Crippen LogP contribution >= 0.6 is 0 Å². The SMILES string of the molecule is Cc1cc(CC2CCN(Cc3c(C)nn(C)c3C)CC2)ccn1. The highest BCUT2D eigenvalue weighted by atomic mass is 15.3. The first-order valence-corrected chi connectivity index (χ1v) is 8.66. The van der Waals surface area contributed by atoms with Crippen LogP contribution in [0.4, 0.5) is 0 Å². The second-order valence-electron chi connectivity index (χ2n) is 7.00. The predicted molar refractivity (Wildman–Crippen MR) is 93.4 cm³/mol. The van der Waals surface area contributed by atoms with Crippen LogP contribution in [-0.2, 0) is 20.0 Å². The van der Waals surface area contributed by atoms with Crippen LogP contribution in [0.3, 0.4) is 0 Å². The molecule has 0 spiro atoms. The number of nitrogens with zero attached hydrogens (tertiary/aromatic N) is 4. The molecule has 23 heavy (non-hydrogen) atoms. The highest BCUT2D eigenvalue weighted by Gasteiger charge is 2.21. The van der Waals surface area contributed by atoms with Crippen LogP contribution < -0.4 is 0 Å². The second-order valence-corrected chi connectivity index (χ2v) is 7.00. The topological polar surface area (TPSA) is 34.0 Å². The Labute approximate surface area is 139 Å². The first-order chi connectivity index (χ1) is 11.0. The Kier molecular flexibility index (Phi) is 4.81. The first-order valence-electron chi connectivity index (χ1n) is 8.66. The Balaban J connectivity index is 1.54. The maximum atomic E-state index is 4.54. The lowest BCUT2D eigenvalue weighted by Gasteiger charge is -2.32. The minimum atomic E-state index is 0.809. The molecule has 3 heterocycles. The van der Waals surface area contributed by atoms with Gasteiger partial charge in [0.15, 0.2) is 0 Å². The fourth-order valence-electron chi connectivity index (χ4n) is 3.68. The number of pyridine rings is 1. The van der Waals surface area contributed by atoms with Gasteiger partial charge in [0.1, 0.15) is 0 Å². The average Bonchev–Trinajstić information content (AvgIpc) is 2.76. The molecule has 3 rings (SSSR count). The fourth-order valence-corrected chi connectivity index (χ4v) is 3.68. The number of hydrogen-bond acceptors (Lipinski definition) is 3. The molecule has 0 atom stereocenters. The molecule has 0 radical (unpaired) electrons. The Morgan fingerprint density at radius 1 is 1.17 bits per heavy atom. The van der Waals surface area contributed by atoms with Crippen LogP contribution in [0.15, 0.2) is 18.3 Å². The Bertz CT molecular complexity index is 666. The molecule has 4 nitrogen and oxygen atoms in total. The maximum absolute atomic E-state index is 4.54. The molecule has 0 saturated carbocycles. The van der Waals surface area contributed by atoms with Crippen molar-refractivity contribution in [3.63, 3.8) is 0 Å². The van der Waals surface area contributed by atoms with Gasteiger partial charge in [-0.15, -0.1) is 0 Å². The van der Waals surface area contributed by atoms with E-state index in [1.165, 1.54) is 54.9 Å². The fraction of sp³-hybridized carbons (Fsp3) is 0.579. The minimum absolute atomic E-state index is 0.809. The van der Waals surface area contributed by atoms with Crippen molar-refractivity contribution in [3.8, 4) is 0 Å². The first kappa shape index (κ1) is 16.2. The zero-order chi connectivity index (χ0) is 16.4. The molecule has 2 aromatic rings. The largest absolute Gasteiger partial charge is 0.299 e. The molecule has 0 bridgehead atoms. The molecule has 1 aliphatic rings. The zero-order valence-electron chi connectivity index (χ0n) is 14.8. The van der Waals surface area contributed by atoms with Crippen LogP contribution in [0.5, 0.6) is 0 Å². The van der Waals surface area contributed by atoms with E-state index in [0.29, 0.717) is 0 Å². The van der Waals surface area contributed by atoms with Crippen LogP contribution in [-0.4, -0.2) is 32.8 Å². The van der Waals surface area contributed by atoms with E-state index in [9.17, 15) is 0 Å². The summed E-state index contributed by atoms with van der Waals surface area (Å²) in [5.41, 5.74) is 6.46. The van der Waals surface area contributed by atoms with E-state index >= 15 is 0 Å². The minimum Gasteiger partial charge on any atom is -0.299 e. The smallest absolute Gasteiger partial charge is 0.0641 e. The normalized spacial score (nSPS) is 16.9. The van der Waals surface area contributed by atoms with Crippen molar-refractivity contribution in [2.45, 2.75) is 46.6 Å². The van der Waals surface area contributed by atoms with Crippen molar-refractivity contribution in [1.82, 2.24) is 19.7 Å². The summed E-state index contributed by atoms with van der Waals surface area (Å²) in [7, 11) is 2.04. The maximum Gasteiger partial charge on any atom is 0.0641 e. The van der Waals surface area contributed by atoms with Gasteiger partial charge in [0, 0.05) is 36.7 Å². The molecule has 1 fully saturated rings. The van der Waals surface area contributed by atoms with Gasteiger partial charge in [-0.1, -0.05) is 0 Å². The molecule has 1 aliphatic heterocycles.